The van der Waals surface area contributed by atoms with Crippen molar-refractivity contribution in [3.8, 4) is 5.88 Å². The van der Waals surface area contributed by atoms with Gasteiger partial charge in [-0.1, -0.05) is 18.7 Å². The fourth-order valence-corrected chi connectivity index (χ4v) is 3.05. The third kappa shape index (κ3) is 5.84. The van der Waals surface area contributed by atoms with Gasteiger partial charge in [-0.25, -0.2) is 28.1 Å². The van der Waals surface area contributed by atoms with Crippen molar-refractivity contribution in [1.29, 1.82) is 0 Å². The van der Waals surface area contributed by atoms with Crippen molar-refractivity contribution in [1.82, 2.24) is 9.97 Å². The summed E-state index contributed by atoms with van der Waals surface area (Å²) in [6.45, 7) is 0.755. The normalized spacial score (nSPS) is 12.5. The Bertz CT molecular complexity index is 865. The van der Waals surface area contributed by atoms with Crippen molar-refractivity contribution < 1.29 is 22.7 Å². The number of nitrogens with zero attached hydrogens (tertiary/aromatic N) is 3. The first kappa shape index (κ1) is 21.5. The number of aromatic nitrogens is 2. The van der Waals surface area contributed by atoms with Crippen molar-refractivity contribution in [2.45, 2.75) is 18.6 Å². The lowest BCUT2D eigenvalue weighted by atomic mass is 10.1. The van der Waals surface area contributed by atoms with Crippen molar-refractivity contribution in [3.63, 3.8) is 0 Å². The van der Waals surface area contributed by atoms with Gasteiger partial charge < -0.3 is 15.8 Å². The van der Waals surface area contributed by atoms with E-state index in [1.54, 1.807) is 6.92 Å². The molecule has 1 aromatic carbocycles. The van der Waals surface area contributed by atoms with Gasteiger partial charge >= 0.3 is 0 Å². The van der Waals surface area contributed by atoms with E-state index in [0.29, 0.717) is 0 Å². The first-order chi connectivity index (χ1) is 13.3. The number of amides is 1. The second kappa shape index (κ2) is 9.93. The van der Waals surface area contributed by atoms with Gasteiger partial charge in [0.1, 0.15) is 5.69 Å². The van der Waals surface area contributed by atoms with E-state index in [9.17, 15) is 18.0 Å². The number of alkyl halides is 1. The zero-order valence-corrected chi connectivity index (χ0v) is 15.9. The minimum absolute atomic E-state index is 0.0124. The maximum atomic E-state index is 14.1. The van der Waals surface area contributed by atoms with Crippen LogP contribution in [0.2, 0.25) is 0 Å². The van der Waals surface area contributed by atoms with Crippen LogP contribution in [0.25, 0.3) is 0 Å². The number of nitrogens with one attached hydrogen (secondary N) is 1. The highest BCUT2D eigenvalue weighted by Crippen LogP contribution is 2.24. The topological polar surface area (TPSA) is 102 Å². The highest BCUT2D eigenvalue weighted by molar-refractivity contribution is 8.14. The Morgan fingerprint density at radius 3 is 2.71 bits per heavy atom. The van der Waals surface area contributed by atoms with Crippen LogP contribution in [0.3, 0.4) is 0 Å². The third-order valence-corrected chi connectivity index (χ3v) is 4.42. The molecule has 7 nitrogen and oxygen atoms in total. The van der Waals surface area contributed by atoms with E-state index in [1.807, 2.05) is 0 Å². The highest BCUT2D eigenvalue weighted by Gasteiger charge is 2.17. The summed E-state index contributed by atoms with van der Waals surface area (Å²) in [6.07, 6.45) is 2.54. The van der Waals surface area contributed by atoms with Gasteiger partial charge in [-0.3, -0.25) is 4.79 Å². The fourth-order valence-electron chi connectivity index (χ4n) is 2.25. The first-order valence-corrected chi connectivity index (χ1v) is 8.89. The van der Waals surface area contributed by atoms with Crippen molar-refractivity contribution in [2.24, 2.45) is 10.7 Å². The zero-order valence-electron chi connectivity index (χ0n) is 15.1. The Labute approximate surface area is 163 Å². The number of benzene rings is 1. The average molecular weight is 413 g/mol. The molecular weight excluding hydrogens is 395 g/mol. The Morgan fingerprint density at radius 2 is 2.11 bits per heavy atom. The number of methoxy groups -OCH3 is 1. The third-order valence-electron chi connectivity index (χ3n) is 3.48. The van der Waals surface area contributed by atoms with Crippen LogP contribution in [0.4, 0.5) is 18.9 Å². The van der Waals surface area contributed by atoms with Crippen LogP contribution in [-0.4, -0.2) is 40.2 Å². The number of carbonyl (C=O) groups excluding carboxylic acids is 1. The minimum Gasteiger partial charge on any atom is -0.480 e. The molecule has 28 heavy (non-hydrogen) atoms. The summed E-state index contributed by atoms with van der Waals surface area (Å²) < 4.78 is 45.1. The molecule has 0 fully saturated rings. The molecule has 0 unspecified atom stereocenters. The molecule has 2 aromatic rings. The second-order valence-corrected chi connectivity index (χ2v) is 7.04. The quantitative estimate of drug-likeness (QED) is 0.411. The maximum Gasteiger partial charge on any atom is 0.275 e. The van der Waals surface area contributed by atoms with Gasteiger partial charge in [0, 0.05) is 17.0 Å². The summed E-state index contributed by atoms with van der Waals surface area (Å²) in [6, 6.07) is 2.18. The van der Waals surface area contributed by atoms with Crippen LogP contribution in [-0.2, 0) is 6.42 Å². The average Bonchev–Trinajstić information content (AvgIpc) is 2.65. The first-order valence-electron chi connectivity index (χ1n) is 8.01. The number of anilines is 1. The number of ether oxygens (including phenoxy) is 1. The summed E-state index contributed by atoms with van der Waals surface area (Å²) in [7, 11) is 1.41. The van der Waals surface area contributed by atoms with Crippen molar-refractivity contribution in [3.05, 3.63) is 47.4 Å². The number of hydrogen-bond acceptors (Lipinski definition) is 6. The molecule has 150 valence electrons. The summed E-state index contributed by atoms with van der Waals surface area (Å²) in [5.41, 5.74) is 5.58. The maximum absolute atomic E-state index is 14.1. The van der Waals surface area contributed by atoms with Gasteiger partial charge in [-0.15, -0.1) is 0 Å². The molecule has 0 aliphatic heterocycles. The van der Waals surface area contributed by atoms with Gasteiger partial charge in [0.25, 0.3) is 5.91 Å². The lowest BCUT2D eigenvalue weighted by Gasteiger charge is -2.13. The number of nitrogens with two attached hydrogens (primary N) is 1. The number of hydrogen-bond donors (Lipinski definition) is 2. The van der Waals surface area contributed by atoms with E-state index >= 15 is 0 Å². The Morgan fingerprint density at radius 1 is 1.36 bits per heavy atom. The SMILES string of the molecule is COc1cnc(C(=O)Nc2cc(F)c(F)c(C[C@@H](C)SC(N)=NCF)c2)cn1. The van der Waals surface area contributed by atoms with Crippen molar-refractivity contribution >= 4 is 28.5 Å². The number of rotatable bonds is 7. The van der Waals surface area contributed by atoms with E-state index < -0.39 is 24.3 Å². The molecule has 1 atom stereocenters. The molecule has 11 heteroatoms. The number of aliphatic imine (C=N–C) groups is 1. The van der Waals surface area contributed by atoms with Crippen LogP contribution < -0.4 is 15.8 Å². The highest BCUT2D eigenvalue weighted by atomic mass is 32.2. The molecular formula is C17H18F3N5O2S. The predicted molar refractivity (Wildman–Crippen MR) is 101 cm³/mol. The summed E-state index contributed by atoms with van der Waals surface area (Å²) in [5, 5.41) is 2.15. The Hall–Kier alpha value is -2.82. The summed E-state index contributed by atoms with van der Waals surface area (Å²) in [5.74, 6) is -2.56. The van der Waals surface area contributed by atoms with E-state index in [0.717, 1.165) is 17.8 Å². The fraction of sp³-hybridized carbons (Fsp3) is 0.294. The number of amidine groups is 1. The molecule has 0 aliphatic rings. The Balaban J connectivity index is 2.15. The second-order valence-electron chi connectivity index (χ2n) is 5.58. The monoisotopic (exact) mass is 413 g/mol. The molecule has 1 heterocycles. The standard InChI is InChI=1S/C17H18F3N5O2S/c1-9(28-17(21)24-8-18)3-10-4-11(5-12(19)15(10)20)25-16(26)13-6-23-14(27-2)7-22-13/h4-7,9H,3,8H2,1-2H3,(H2,21,24)(H,25,26)/t9-/m1/s1. The van der Waals surface area contributed by atoms with Crippen LogP contribution in [0.1, 0.15) is 23.0 Å². The lowest BCUT2D eigenvalue weighted by Crippen LogP contribution is -2.16. The predicted octanol–water partition coefficient (Wildman–Crippen LogP) is 2.92. The van der Waals surface area contributed by atoms with Gasteiger partial charge in [-0.05, 0) is 18.1 Å². The van der Waals surface area contributed by atoms with Crippen LogP contribution >= 0.6 is 11.8 Å². The largest absolute Gasteiger partial charge is 0.480 e. The number of carbonyl (C=O) groups is 1. The lowest BCUT2D eigenvalue weighted by molar-refractivity contribution is 0.102. The van der Waals surface area contributed by atoms with Crippen LogP contribution in [0.15, 0.2) is 29.5 Å². The Kier molecular flexibility index (Phi) is 7.61. The van der Waals surface area contributed by atoms with Crippen molar-refractivity contribution in [2.75, 3.05) is 19.2 Å². The summed E-state index contributed by atoms with van der Waals surface area (Å²) in [4.78, 5) is 23.3. The van der Waals surface area contributed by atoms with Crippen LogP contribution in [0.5, 0.6) is 5.88 Å². The molecule has 0 bridgehead atoms. The van der Waals surface area contributed by atoms with E-state index in [4.69, 9.17) is 10.5 Å². The molecule has 3 N–H and O–H groups in total. The van der Waals surface area contributed by atoms with Gasteiger partial charge in [0.15, 0.2) is 23.6 Å². The summed E-state index contributed by atoms with van der Waals surface area (Å²) >= 11 is 1.03. The molecule has 1 amide bonds. The van der Waals surface area contributed by atoms with E-state index in [2.05, 4.69) is 20.3 Å². The van der Waals surface area contributed by atoms with Gasteiger partial charge in [0.2, 0.25) is 5.88 Å². The molecule has 1 aromatic heterocycles. The van der Waals surface area contributed by atoms with Gasteiger partial charge in [0.05, 0.1) is 19.5 Å². The van der Waals surface area contributed by atoms with Crippen LogP contribution in [0, 0.1) is 11.6 Å². The molecule has 0 saturated heterocycles. The molecule has 0 aliphatic carbocycles. The number of halogens is 3. The molecule has 0 spiro atoms. The minimum atomic E-state index is -1.11. The molecule has 0 saturated carbocycles. The van der Waals surface area contributed by atoms with E-state index in [1.165, 1.54) is 25.6 Å². The van der Waals surface area contributed by atoms with Gasteiger partial charge in [-0.2, -0.15) is 0 Å². The molecule has 0 radical (unpaired) electrons. The number of thioether (sulfide) groups is 1. The zero-order chi connectivity index (χ0) is 20.7. The van der Waals surface area contributed by atoms with E-state index in [-0.39, 0.29) is 39.7 Å². The molecule has 2 rings (SSSR count). The smallest absolute Gasteiger partial charge is 0.275 e.